The maximum absolute atomic E-state index is 12.0. The van der Waals surface area contributed by atoms with E-state index in [1.54, 1.807) is 0 Å². The second-order valence-electron chi connectivity index (χ2n) is 4.02. The summed E-state index contributed by atoms with van der Waals surface area (Å²) in [6, 6.07) is 5.60. The summed E-state index contributed by atoms with van der Waals surface area (Å²) in [5.74, 6) is 0.954. The summed E-state index contributed by atoms with van der Waals surface area (Å²) in [7, 11) is 0. The molecule has 0 saturated heterocycles. The lowest BCUT2D eigenvalue weighted by Crippen LogP contribution is -2.02. The maximum Gasteiger partial charge on any atom is 0.164 e. The quantitative estimate of drug-likeness (QED) is 0.687. The fraction of sp³-hybridized carbons (Fsp3) is 0.500. The number of Topliss-reactive ketones (excluding diaryl/α,β-unsaturated/α-hetero) is 1. The van der Waals surface area contributed by atoms with Crippen molar-refractivity contribution in [2.45, 2.75) is 39.5 Å². The van der Waals surface area contributed by atoms with Crippen molar-refractivity contribution >= 4 is 21.7 Å². The molecule has 0 fully saturated rings. The largest absolute Gasteiger partial charge is 0.494 e. The van der Waals surface area contributed by atoms with Crippen molar-refractivity contribution < 1.29 is 9.53 Å². The molecule has 0 bridgehead atoms. The molecule has 3 heteroatoms. The molecule has 0 aliphatic carbocycles. The highest BCUT2D eigenvalue weighted by Crippen LogP contribution is 2.24. The van der Waals surface area contributed by atoms with Gasteiger partial charge in [0, 0.05) is 16.5 Å². The molecular weight excluding hydrogens is 280 g/mol. The molecule has 0 saturated carbocycles. The molecule has 1 rings (SSSR count). The van der Waals surface area contributed by atoms with E-state index in [1.165, 1.54) is 0 Å². The van der Waals surface area contributed by atoms with Crippen LogP contribution in [0.4, 0.5) is 0 Å². The molecule has 0 N–H and O–H groups in total. The van der Waals surface area contributed by atoms with Crippen LogP contribution in [-0.4, -0.2) is 12.4 Å². The second kappa shape index (κ2) is 7.49. The standard InChI is InChI=1S/C14H19BrO2/c1-3-5-6-14(16)12-10-11(17-9-4-2)7-8-13(12)15/h7-8,10H,3-6,9H2,1-2H3. The first-order valence-corrected chi connectivity index (χ1v) is 6.93. The molecule has 0 radical (unpaired) electrons. The molecule has 0 atom stereocenters. The Morgan fingerprint density at radius 1 is 1.29 bits per heavy atom. The Labute approximate surface area is 111 Å². The molecule has 0 aliphatic heterocycles. The monoisotopic (exact) mass is 298 g/mol. The van der Waals surface area contributed by atoms with Crippen LogP contribution < -0.4 is 4.74 Å². The van der Waals surface area contributed by atoms with E-state index in [1.807, 2.05) is 18.2 Å². The third-order valence-electron chi connectivity index (χ3n) is 2.47. The molecular formula is C14H19BrO2. The lowest BCUT2D eigenvalue weighted by molar-refractivity contribution is 0.0978. The van der Waals surface area contributed by atoms with E-state index in [0.29, 0.717) is 13.0 Å². The lowest BCUT2D eigenvalue weighted by Gasteiger charge is -2.08. The van der Waals surface area contributed by atoms with Gasteiger partial charge in [0.1, 0.15) is 5.75 Å². The van der Waals surface area contributed by atoms with Crippen LogP contribution in [-0.2, 0) is 0 Å². The average Bonchev–Trinajstić information content (AvgIpc) is 2.35. The van der Waals surface area contributed by atoms with E-state index in [4.69, 9.17) is 4.74 Å². The van der Waals surface area contributed by atoms with Gasteiger partial charge in [-0.05, 0) is 31.0 Å². The van der Waals surface area contributed by atoms with Crippen molar-refractivity contribution in [2.75, 3.05) is 6.61 Å². The zero-order valence-electron chi connectivity index (χ0n) is 10.5. The van der Waals surface area contributed by atoms with Crippen LogP contribution in [0.2, 0.25) is 0 Å². The fourth-order valence-corrected chi connectivity index (χ4v) is 1.97. The summed E-state index contributed by atoms with van der Waals surface area (Å²) >= 11 is 3.41. The van der Waals surface area contributed by atoms with E-state index in [0.717, 1.165) is 35.0 Å². The number of hydrogen-bond acceptors (Lipinski definition) is 2. The van der Waals surface area contributed by atoms with E-state index >= 15 is 0 Å². The highest BCUT2D eigenvalue weighted by Gasteiger charge is 2.10. The van der Waals surface area contributed by atoms with Crippen molar-refractivity contribution in [2.24, 2.45) is 0 Å². The predicted molar refractivity (Wildman–Crippen MR) is 73.8 cm³/mol. The number of unbranched alkanes of at least 4 members (excludes halogenated alkanes) is 1. The molecule has 94 valence electrons. The Hall–Kier alpha value is -0.830. The zero-order valence-corrected chi connectivity index (χ0v) is 12.0. The first-order valence-electron chi connectivity index (χ1n) is 6.14. The van der Waals surface area contributed by atoms with Crippen molar-refractivity contribution in [1.29, 1.82) is 0 Å². The molecule has 1 aromatic carbocycles. The smallest absolute Gasteiger partial charge is 0.164 e. The van der Waals surface area contributed by atoms with E-state index < -0.39 is 0 Å². The highest BCUT2D eigenvalue weighted by atomic mass is 79.9. The average molecular weight is 299 g/mol. The van der Waals surface area contributed by atoms with Crippen LogP contribution in [0, 0.1) is 0 Å². The van der Waals surface area contributed by atoms with Crippen LogP contribution in [0.25, 0.3) is 0 Å². The minimum atomic E-state index is 0.181. The van der Waals surface area contributed by atoms with Crippen LogP contribution >= 0.6 is 15.9 Å². The maximum atomic E-state index is 12.0. The Morgan fingerprint density at radius 2 is 2.06 bits per heavy atom. The van der Waals surface area contributed by atoms with Crippen molar-refractivity contribution in [3.63, 3.8) is 0 Å². The summed E-state index contributed by atoms with van der Waals surface area (Å²) in [5.41, 5.74) is 0.729. The van der Waals surface area contributed by atoms with E-state index in [-0.39, 0.29) is 5.78 Å². The van der Waals surface area contributed by atoms with Crippen molar-refractivity contribution in [1.82, 2.24) is 0 Å². The number of ketones is 1. The number of benzene rings is 1. The predicted octanol–water partition coefficient (Wildman–Crippen LogP) is 4.61. The molecule has 2 nitrogen and oxygen atoms in total. The molecule has 17 heavy (non-hydrogen) atoms. The van der Waals surface area contributed by atoms with Gasteiger partial charge in [-0.3, -0.25) is 4.79 Å². The zero-order chi connectivity index (χ0) is 12.7. The molecule has 0 heterocycles. The third kappa shape index (κ3) is 4.50. The number of halogens is 1. The Bertz CT molecular complexity index is 374. The summed E-state index contributed by atoms with van der Waals surface area (Å²) in [6.07, 6.45) is 3.54. The third-order valence-corrected chi connectivity index (χ3v) is 3.16. The van der Waals surface area contributed by atoms with Gasteiger partial charge in [0.15, 0.2) is 5.78 Å². The molecule has 0 unspecified atom stereocenters. The van der Waals surface area contributed by atoms with Gasteiger partial charge in [0.05, 0.1) is 6.61 Å². The lowest BCUT2D eigenvalue weighted by atomic mass is 10.1. The highest BCUT2D eigenvalue weighted by molar-refractivity contribution is 9.10. The van der Waals surface area contributed by atoms with Gasteiger partial charge in [-0.25, -0.2) is 0 Å². The van der Waals surface area contributed by atoms with Crippen molar-refractivity contribution in [3.05, 3.63) is 28.2 Å². The number of hydrogen-bond donors (Lipinski definition) is 0. The molecule has 0 amide bonds. The Kier molecular flexibility index (Phi) is 6.27. The summed E-state index contributed by atoms with van der Waals surface area (Å²) in [5, 5.41) is 0. The number of rotatable bonds is 7. The van der Waals surface area contributed by atoms with Gasteiger partial charge in [-0.2, -0.15) is 0 Å². The van der Waals surface area contributed by atoms with Gasteiger partial charge in [0.25, 0.3) is 0 Å². The summed E-state index contributed by atoms with van der Waals surface area (Å²) < 4.78 is 6.38. The minimum absolute atomic E-state index is 0.181. The summed E-state index contributed by atoms with van der Waals surface area (Å²) in [6.45, 7) is 4.83. The van der Waals surface area contributed by atoms with Crippen LogP contribution in [0.3, 0.4) is 0 Å². The van der Waals surface area contributed by atoms with Gasteiger partial charge in [-0.15, -0.1) is 0 Å². The molecule has 1 aromatic rings. The van der Waals surface area contributed by atoms with E-state index in [2.05, 4.69) is 29.8 Å². The van der Waals surface area contributed by atoms with Crippen molar-refractivity contribution in [3.8, 4) is 5.75 Å². The minimum Gasteiger partial charge on any atom is -0.494 e. The SMILES string of the molecule is CCCCC(=O)c1cc(OCCC)ccc1Br. The van der Waals surface area contributed by atoms with Gasteiger partial charge < -0.3 is 4.74 Å². The number of ether oxygens (including phenoxy) is 1. The first-order chi connectivity index (χ1) is 8.19. The number of carbonyl (C=O) groups is 1. The molecule has 0 aliphatic rings. The topological polar surface area (TPSA) is 26.3 Å². The fourth-order valence-electron chi connectivity index (χ4n) is 1.50. The second-order valence-corrected chi connectivity index (χ2v) is 4.87. The number of carbonyl (C=O) groups excluding carboxylic acids is 1. The first kappa shape index (κ1) is 14.2. The normalized spacial score (nSPS) is 10.3. The van der Waals surface area contributed by atoms with Crippen LogP contribution in [0.5, 0.6) is 5.75 Å². The van der Waals surface area contributed by atoms with Gasteiger partial charge in [-0.1, -0.05) is 36.2 Å². The molecule has 0 aromatic heterocycles. The summed E-state index contributed by atoms with van der Waals surface area (Å²) in [4.78, 5) is 12.0. The molecule has 0 spiro atoms. The van der Waals surface area contributed by atoms with Crippen LogP contribution in [0.15, 0.2) is 22.7 Å². The van der Waals surface area contributed by atoms with Gasteiger partial charge in [0.2, 0.25) is 0 Å². The van der Waals surface area contributed by atoms with E-state index in [9.17, 15) is 4.79 Å². The van der Waals surface area contributed by atoms with Crippen LogP contribution in [0.1, 0.15) is 49.9 Å². The Morgan fingerprint density at radius 3 is 2.71 bits per heavy atom. The van der Waals surface area contributed by atoms with Gasteiger partial charge >= 0.3 is 0 Å². The Balaban J connectivity index is 2.78.